The predicted molar refractivity (Wildman–Crippen MR) is 251 cm³/mol. The van der Waals surface area contributed by atoms with Gasteiger partial charge < -0.3 is 30.0 Å². The summed E-state index contributed by atoms with van der Waals surface area (Å²) in [5.74, 6) is -0.671. The molecule has 5 atom stereocenters. The second-order valence-electron chi connectivity index (χ2n) is 17.3. The van der Waals surface area contributed by atoms with Crippen molar-refractivity contribution in [1.29, 1.82) is 0 Å². The zero-order chi connectivity index (χ0) is 45.3. The van der Waals surface area contributed by atoms with E-state index in [9.17, 15) is 38.7 Å². The number of aliphatic hydroxyl groups excluding tert-OH is 1. The first kappa shape index (κ1) is 53.5. The molecule has 4 saturated heterocycles. The van der Waals surface area contributed by atoms with Gasteiger partial charge in [0.15, 0.2) is 11.6 Å². The topological polar surface area (TPSA) is 201 Å². The van der Waals surface area contributed by atoms with Crippen LogP contribution in [-0.4, -0.2) is 116 Å². The van der Waals surface area contributed by atoms with E-state index in [1.54, 1.807) is 29.2 Å². The quantitative estimate of drug-likeness (QED) is 0.145. The van der Waals surface area contributed by atoms with Gasteiger partial charge in [-0.05, 0) is 81.5 Å². The van der Waals surface area contributed by atoms with Crippen molar-refractivity contribution in [2.45, 2.75) is 142 Å². The number of Topliss-reactive ketones (excluding diaryl/α,β-unsaturated/α-hetero) is 2. The van der Waals surface area contributed by atoms with Crippen molar-refractivity contribution < 1.29 is 52.9 Å². The Kier molecular flexibility index (Phi) is 18.8. The summed E-state index contributed by atoms with van der Waals surface area (Å²) in [7, 11) is 0. The predicted octanol–water partition coefficient (Wildman–Crippen LogP) is 7.10. The van der Waals surface area contributed by atoms with Gasteiger partial charge in [0.2, 0.25) is 0 Å². The number of carbonyl (C=O) groups is 7. The number of ketones is 2. The van der Waals surface area contributed by atoms with E-state index < -0.39 is 47.2 Å². The largest absolute Gasteiger partial charge is 0.445 e. The number of alkyl carbamates (subject to hydrolysis) is 1. The highest BCUT2D eigenvalue weighted by atomic mass is 16.6. The van der Waals surface area contributed by atoms with Crippen LogP contribution in [0.5, 0.6) is 0 Å². The van der Waals surface area contributed by atoms with Gasteiger partial charge in [-0.1, -0.05) is 113 Å². The molecule has 6 fully saturated rings. The van der Waals surface area contributed by atoms with Crippen LogP contribution in [0.25, 0.3) is 0 Å². The van der Waals surface area contributed by atoms with E-state index in [0.29, 0.717) is 38.1 Å². The van der Waals surface area contributed by atoms with Gasteiger partial charge in [0.25, 0.3) is 11.8 Å². The number of nitrogens with one attached hydrogen (secondary N) is 2. The van der Waals surface area contributed by atoms with Gasteiger partial charge in [0.1, 0.15) is 36.9 Å². The molecule has 0 bridgehead atoms. The number of β-lactam (4-membered cyclic amide) rings is 1. The maximum atomic E-state index is 13.2. The maximum absolute atomic E-state index is 13.2. The summed E-state index contributed by atoms with van der Waals surface area (Å²) in [4.78, 5) is 90.1. The summed E-state index contributed by atoms with van der Waals surface area (Å²) < 4.78 is 15.9. The van der Waals surface area contributed by atoms with Gasteiger partial charge in [-0.3, -0.25) is 33.9 Å². The summed E-state index contributed by atoms with van der Waals surface area (Å²) in [6, 6.07) is 26.4. The molecule has 0 radical (unpaired) electrons. The Hall–Kier alpha value is -6.13. The second kappa shape index (κ2) is 23.5. The molecule has 16 heteroatoms. The number of ether oxygens (including phenoxy) is 3. The minimum atomic E-state index is -1.38. The zero-order valence-corrected chi connectivity index (χ0v) is 36.2. The fourth-order valence-electron chi connectivity index (χ4n) is 9.31. The Morgan fingerprint density at radius 1 is 0.642 bits per heavy atom. The van der Waals surface area contributed by atoms with Crippen LogP contribution in [-0.2, 0) is 53.2 Å². The minimum absolute atomic E-state index is 0. The Morgan fingerprint density at radius 3 is 1.49 bits per heavy atom. The van der Waals surface area contributed by atoms with Crippen molar-refractivity contribution >= 4 is 41.7 Å². The standard InChI is InChI=1S/C26H29N3O7.C15H17NO3.C7H11NO.3CH4/c1-18(30)21(27-24(33)35-15-19-9-4-2-5-10-19)22(31)28-17-26(23(28)32)13-8-14-29(26)25(34)36-16-20-11-6-3-7-12-20;17-13-7-9-15(13)8-4-10-16(15)14(18)19-11-12-5-2-1-3-6-12;9-6-2-4-7(6)3-1-5-8-7;;;/h2-7,9-12,18,21,30H,8,13-17H2,1H3,(H,27,33);1-3,5-6H,4,7-11H2;8H,1-5H2;3*1H4. The lowest BCUT2D eigenvalue weighted by molar-refractivity contribution is -0.170. The molecule has 2 saturated carbocycles. The van der Waals surface area contributed by atoms with Crippen molar-refractivity contribution in [2.75, 3.05) is 26.2 Å². The molecule has 364 valence electrons. The van der Waals surface area contributed by atoms with Crippen LogP contribution < -0.4 is 10.6 Å². The maximum Gasteiger partial charge on any atom is 0.411 e. The lowest BCUT2D eigenvalue weighted by Gasteiger charge is -2.50. The molecular weight excluding hydrogens is 859 g/mol. The number of hydrogen-bond acceptors (Lipinski definition) is 12. The SMILES string of the molecule is C.C.C.CC(O)C(NC(=O)OCc1ccccc1)C(=O)N1CC2(CCCN2C(=O)OCc2ccccc2)C1=O.O=C(OCc1ccccc1)N1CCCC12CCC2=O.O=C1CCC12CCCN2. The summed E-state index contributed by atoms with van der Waals surface area (Å²) in [6.45, 7) is 3.65. The fourth-order valence-corrected chi connectivity index (χ4v) is 9.31. The summed E-state index contributed by atoms with van der Waals surface area (Å²) in [5.41, 5.74) is 0.853. The van der Waals surface area contributed by atoms with Crippen LogP contribution in [0.2, 0.25) is 0 Å². The van der Waals surface area contributed by atoms with Crippen molar-refractivity contribution in [2.24, 2.45) is 0 Å². The number of benzene rings is 3. The molecule has 67 heavy (non-hydrogen) atoms. The molecular formula is C51H69N5O11. The van der Waals surface area contributed by atoms with Gasteiger partial charge in [0, 0.05) is 25.9 Å². The molecule has 16 nitrogen and oxygen atoms in total. The van der Waals surface area contributed by atoms with Crippen LogP contribution in [0.1, 0.15) is 110 Å². The molecule has 0 aromatic heterocycles. The number of carbonyl (C=O) groups excluding carboxylic acids is 7. The molecule has 4 heterocycles. The van der Waals surface area contributed by atoms with E-state index in [-0.39, 0.29) is 66.1 Å². The lowest BCUT2D eigenvalue weighted by Crippen LogP contribution is -2.76. The number of aliphatic hydroxyl groups is 1. The third-order valence-electron chi connectivity index (χ3n) is 13.2. The molecule has 4 aliphatic heterocycles. The lowest BCUT2D eigenvalue weighted by atomic mass is 9.73. The van der Waals surface area contributed by atoms with Crippen LogP contribution >= 0.6 is 0 Å². The van der Waals surface area contributed by atoms with Crippen molar-refractivity contribution in [3.63, 3.8) is 0 Å². The smallest absolute Gasteiger partial charge is 0.411 e. The highest BCUT2D eigenvalue weighted by Gasteiger charge is 2.63. The molecule has 3 aromatic rings. The molecule has 3 spiro atoms. The van der Waals surface area contributed by atoms with E-state index in [0.717, 1.165) is 66.7 Å². The third-order valence-corrected chi connectivity index (χ3v) is 13.2. The first-order valence-corrected chi connectivity index (χ1v) is 22.2. The number of imide groups is 1. The first-order chi connectivity index (χ1) is 30.9. The third kappa shape index (κ3) is 11.7. The Bertz CT molecular complexity index is 2160. The summed E-state index contributed by atoms with van der Waals surface area (Å²) in [6.07, 6.45) is 5.12. The monoisotopic (exact) mass is 927 g/mol. The highest BCUT2D eigenvalue weighted by molar-refractivity contribution is 6.09. The Morgan fingerprint density at radius 2 is 1.12 bits per heavy atom. The van der Waals surface area contributed by atoms with Crippen LogP contribution in [0.15, 0.2) is 91.0 Å². The van der Waals surface area contributed by atoms with E-state index in [1.807, 2.05) is 66.7 Å². The van der Waals surface area contributed by atoms with Crippen molar-refractivity contribution in [1.82, 2.24) is 25.3 Å². The number of likely N-dealkylation sites (tertiary alicyclic amines) is 3. The molecule has 9 rings (SSSR count). The summed E-state index contributed by atoms with van der Waals surface area (Å²) in [5, 5.41) is 15.8. The molecule has 3 aromatic carbocycles. The van der Waals surface area contributed by atoms with Gasteiger partial charge in [-0.15, -0.1) is 0 Å². The van der Waals surface area contributed by atoms with Crippen molar-refractivity contribution in [3.8, 4) is 0 Å². The molecule has 2 aliphatic carbocycles. The van der Waals surface area contributed by atoms with Crippen LogP contribution in [0, 0.1) is 0 Å². The van der Waals surface area contributed by atoms with E-state index in [1.165, 1.54) is 18.2 Å². The average molecular weight is 928 g/mol. The number of nitrogens with zero attached hydrogens (tertiary/aromatic N) is 3. The van der Waals surface area contributed by atoms with Gasteiger partial charge in [-0.2, -0.15) is 0 Å². The zero-order valence-electron chi connectivity index (χ0n) is 36.2. The Balaban J connectivity index is 0.000000262. The van der Waals surface area contributed by atoms with Crippen molar-refractivity contribution in [3.05, 3.63) is 108 Å². The van der Waals surface area contributed by atoms with Crippen LogP contribution in [0.3, 0.4) is 0 Å². The molecule has 6 aliphatic rings. The normalized spacial score (nSPS) is 23.8. The average Bonchev–Trinajstić information content (AvgIpc) is 4.12. The molecule has 3 N–H and O–H groups in total. The minimum Gasteiger partial charge on any atom is -0.445 e. The van der Waals surface area contributed by atoms with Gasteiger partial charge in [0.05, 0.1) is 18.2 Å². The second-order valence-corrected chi connectivity index (χ2v) is 17.3. The van der Waals surface area contributed by atoms with Crippen LogP contribution in [0.4, 0.5) is 14.4 Å². The first-order valence-electron chi connectivity index (χ1n) is 22.2. The number of rotatable bonds is 9. The summed E-state index contributed by atoms with van der Waals surface area (Å²) >= 11 is 0. The van der Waals surface area contributed by atoms with E-state index >= 15 is 0 Å². The molecule has 5 amide bonds. The highest BCUT2D eigenvalue weighted by Crippen LogP contribution is 2.43. The number of hydrogen-bond donors (Lipinski definition) is 3. The Labute approximate surface area is 394 Å². The van der Waals surface area contributed by atoms with E-state index in [4.69, 9.17) is 14.2 Å². The van der Waals surface area contributed by atoms with Gasteiger partial charge >= 0.3 is 18.3 Å². The van der Waals surface area contributed by atoms with Gasteiger partial charge in [-0.25, -0.2) is 14.4 Å². The number of amides is 5. The van der Waals surface area contributed by atoms with E-state index in [2.05, 4.69) is 10.6 Å². The fraction of sp³-hybridized carbons (Fsp3) is 0.510. The molecule has 5 unspecified atom stereocenters.